The van der Waals surface area contributed by atoms with Gasteiger partial charge in [-0.1, -0.05) is 0 Å². The molecule has 1 atom stereocenters. The maximum Gasteiger partial charge on any atom is 0.0972 e. The molecule has 1 aromatic rings. The van der Waals surface area contributed by atoms with Crippen LogP contribution in [0.15, 0.2) is 5.38 Å². The van der Waals surface area contributed by atoms with Crippen LogP contribution in [0, 0.1) is 11.3 Å². The zero-order chi connectivity index (χ0) is 10.7. The van der Waals surface area contributed by atoms with Crippen molar-refractivity contribution in [3.63, 3.8) is 0 Å². The van der Waals surface area contributed by atoms with Crippen LogP contribution < -0.4 is 0 Å². The lowest BCUT2D eigenvalue weighted by atomic mass is 10.1. The van der Waals surface area contributed by atoms with Gasteiger partial charge in [0.15, 0.2) is 0 Å². The third-order valence-electron chi connectivity index (χ3n) is 2.80. The minimum atomic E-state index is 0.577. The van der Waals surface area contributed by atoms with Gasteiger partial charge >= 0.3 is 0 Å². The van der Waals surface area contributed by atoms with Crippen molar-refractivity contribution in [1.82, 2.24) is 9.88 Å². The van der Waals surface area contributed by atoms with E-state index in [2.05, 4.69) is 28.4 Å². The van der Waals surface area contributed by atoms with Crippen LogP contribution in [0.3, 0.4) is 0 Å². The Labute approximate surface area is 94.4 Å². The van der Waals surface area contributed by atoms with E-state index in [1.54, 1.807) is 11.3 Å². The smallest absolute Gasteiger partial charge is 0.0972 e. The Morgan fingerprint density at radius 3 is 3.27 bits per heavy atom. The first-order valence-corrected chi connectivity index (χ1v) is 6.17. The Hall–Kier alpha value is -0.920. The van der Waals surface area contributed by atoms with Gasteiger partial charge in [0.1, 0.15) is 0 Å². The van der Waals surface area contributed by atoms with Crippen molar-refractivity contribution < 1.29 is 0 Å². The fourth-order valence-electron chi connectivity index (χ4n) is 1.95. The van der Waals surface area contributed by atoms with E-state index in [1.165, 1.54) is 18.0 Å². The van der Waals surface area contributed by atoms with Crippen molar-refractivity contribution >= 4 is 11.3 Å². The quantitative estimate of drug-likeness (QED) is 0.784. The Morgan fingerprint density at radius 2 is 2.60 bits per heavy atom. The van der Waals surface area contributed by atoms with Crippen molar-refractivity contribution in [2.75, 3.05) is 20.1 Å². The standard InChI is InChI=1S/C11H15N3S/c1-14-6-4-9(7-14)11-13-10(8-15-11)3-2-5-12/h8-9H,2-4,6-7H2,1H3. The number of thiazole rings is 1. The molecular weight excluding hydrogens is 206 g/mol. The third-order valence-corrected chi connectivity index (χ3v) is 3.86. The Balaban J connectivity index is 1.98. The van der Waals surface area contributed by atoms with Crippen molar-refractivity contribution in [1.29, 1.82) is 5.26 Å². The summed E-state index contributed by atoms with van der Waals surface area (Å²) in [5, 5.41) is 11.9. The minimum Gasteiger partial charge on any atom is -0.306 e. The number of rotatable bonds is 3. The molecule has 1 aliphatic rings. The Bertz CT molecular complexity index is 366. The molecule has 0 aromatic carbocycles. The fourth-order valence-corrected chi connectivity index (χ4v) is 2.93. The van der Waals surface area contributed by atoms with Gasteiger partial charge in [0.05, 0.1) is 16.8 Å². The molecule has 0 bridgehead atoms. The average Bonchev–Trinajstić information content (AvgIpc) is 2.83. The molecule has 1 unspecified atom stereocenters. The second-order valence-electron chi connectivity index (χ2n) is 4.08. The molecule has 4 heteroatoms. The van der Waals surface area contributed by atoms with Crippen LogP contribution in [0.2, 0.25) is 0 Å². The van der Waals surface area contributed by atoms with Crippen LogP contribution in [0.1, 0.15) is 29.5 Å². The Morgan fingerprint density at radius 1 is 1.73 bits per heavy atom. The topological polar surface area (TPSA) is 39.9 Å². The van der Waals surface area contributed by atoms with E-state index in [4.69, 9.17) is 5.26 Å². The van der Waals surface area contributed by atoms with Crippen LogP contribution in [0.4, 0.5) is 0 Å². The lowest BCUT2D eigenvalue weighted by Crippen LogP contribution is -2.13. The minimum absolute atomic E-state index is 0.577. The van der Waals surface area contributed by atoms with Crippen molar-refractivity contribution in [2.24, 2.45) is 0 Å². The highest BCUT2D eigenvalue weighted by atomic mass is 32.1. The van der Waals surface area contributed by atoms with Crippen LogP contribution in [-0.2, 0) is 6.42 Å². The average molecular weight is 221 g/mol. The SMILES string of the molecule is CN1CCC(c2nc(CCC#N)cs2)C1. The zero-order valence-corrected chi connectivity index (χ0v) is 9.76. The van der Waals surface area contributed by atoms with Crippen molar-refractivity contribution in [2.45, 2.75) is 25.2 Å². The largest absolute Gasteiger partial charge is 0.306 e. The summed E-state index contributed by atoms with van der Waals surface area (Å²) in [4.78, 5) is 6.95. The number of nitrogens with zero attached hydrogens (tertiary/aromatic N) is 3. The first kappa shape index (κ1) is 10.6. The predicted octanol–water partition coefficient (Wildman–Crippen LogP) is 2.02. The molecule has 1 aliphatic heterocycles. The monoisotopic (exact) mass is 221 g/mol. The number of likely N-dealkylation sites (tertiary alicyclic amines) is 1. The van der Waals surface area contributed by atoms with Gasteiger partial charge in [0, 0.05) is 30.7 Å². The first-order valence-electron chi connectivity index (χ1n) is 5.29. The van der Waals surface area contributed by atoms with Crippen molar-refractivity contribution in [3.8, 4) is 6.07 Å². The lowest BCUT2D eigenvalue weighted by molar-refractivity contribution is 0.411. The first-order chi connectivity index (χ1) is 7.29. The zero-order valence-electron chi connectivity index (χ0n) is 8.94. The van der Waals surface area contributed by atoms with Crippen LogP contribution in [-0.4, -0.2) is 30.0 Å². The summed E-state index contributed by atoms with van der Waals surface area (Å²) >= 11 is 1.75. The summed E-state index contributed by atoms with van der Waals surface area (Å²) in [6.07, 6.45) is 2.60. The van der Waals surface area contributed by atoms with E-state index in [9.17, 15) is 0 Å². The molecule has 0 saturated carbocycles. The maximum atomic E-state index is 8.50. The van der Waals surface area contributed by atoms with E-state index in [1.807, 2.05) is 0 Å². The molecule has 0 spiro atoms. The van der Waals surface area contributed by atoms with E-state index in [0.29, 0.717) is 12.3 Å². The summed E-state index contributed by atoms with van der Waals surface area (Å²) in [7, 11) is 2.16. The van der Waals surface area contributed by atoms with Gasteiger partial charge in [-0.15, -0.1) is 11.3 Å². The summed E-state index contributed by atoms with van der Waals surface area (Å²) in [6.45, 7) is 2.31. The van der Waals surface area contributed by atoms with Gasteiger partial charge in [0.25, 0.3) is 0 Å². The normalized spacial score (nSPS) is 21.7. The summed E-state index contributed by atoms with van der Waals surface area (Å²) in [6, 6.07) is 2.16. The molecule has 0 aliphatic carbocycles. The van der Waals surface area contributed by atoms with Crippen LogP contribution >= 0.6 is 11.3 Å². The van der Waals surface area contributed by atoms with Gasteiger partial charge < -0.3 is 4.90 Å². The summed E-state index contributed by atoms with van der Waals surface area (Å²) < 4.78 is 0. The second kappa shape index (κ2) is 4.73. The number of likely N-dealkylation sites (N-methyl/N-ethyl adjacent to an activating group) is 1. The number of hydrogen-bond donors (Lipinski definition) is 0. The second-order valence-corrected chi connectivity index (χ2v) is 4.97. The van der Waals surface area contributed by atoms with Gasteiger partial charge in [-0.25, -0.2) is 4.98 Å². The predicted molar refractivity (Wildman–Crippen MR) is 60.9 cm³/mol. The summed E-state index contributed by atoms with van der Waals surface area (Å²) in [5.74, 6) is 0.621. The molecule has 0 radical (unpaired) electrons. The molecule has 15 heavy (non-hydrogen) atoms. The molecule has 3 nitrogen and oxygen atoms in total. The number of aromatic nitrogens is 1. The number of nitriles is 1. The highest BCUT2D eigenvalue weighted by Gasteiger charge is 2.23. The molecular formula is C11H15N3S. The molecule has 0 amide bonds. The molecule has 1 fully saturated rings. The number of hydrogen-bond acceptors (Lipinski definition) is 4. The molecule has 0 N–H and O–H groups in total. The fraction of sp³-hybridized carbons (Fsp3) is 0.636. The van der Waals surface area contributed by atoms with Gasteiger partial charge in [-0.05, 0) is 20.0 Å². The van der Waals surface area contributed by atoms with Gasteiger partial charge in [-0.2, -0.15) is 5.26 Å². The lowest BCUT2D eigenvalue weighted by Gasteiger charge is -2.06. The van der Waals surface area contributed by atoms with E-state index in [0.717, 1.165) is 18.7 Å². The summed E-state index contributed by atoms with van der Waals surface area (Å²) in [5.41, 5.74) is 1.09. The van der Waals surface area contributed by atoms with Crippen molar-refractivity contribution in [3.05, 3.63) is 16.1 Å². The maximum absolute atomic E-state index is 8.50. The molecule has 80 valence electrons. The van der Waals surface area contributed by atoms with Gasteiger partial charge in [0.2, 0.25) is 0 Å². The molecule has 1 aromatic heterocycles. The Kier molecular flexibility index (Phi) is 3.34. The van der Waals surface area contributed by atoms with Crippen LogP contribution in [0.25, 0.3) is 0 Å². The molecule has 1 saturated heterocycles. The van der Waals surface area contributed by atoms with Gasteiger partial charge in [-0.3, -0.25) is 0 Å². The highest BCUT2D eigenvalue weighted by Crippen LogP contribution is 2.28. The molecule has 2 rings (SSSR count). The van der Waals surface area contributed by atoms with Crippen LogP contribution in [0.5, 0.6) is 0 Å². The highest BCUT2D eigenvalue weighted by molar-refractivity contribution is 7.09. The van der Waals surface area contributed by atoms with E-state index in [-0.39, 0.29) is 0 Å². The number of aryl methyl sites for hydroxylation is 1. The third kappa shape index (κ3) is 2.55. The van der Waals surface area contributed by atoms with E-state index < -0.39 is 0 Å². The molecule has 2 heterocycles. The van der Waals surface area contributed by atoms with E-state index >= 15 is 0 Å².